The molecule has 0 fully saturated rings. The lowest BCUT2D eigenvalue weighted by molar-refractivity contribution is -0.148. The van der Waals surface area contributed by atoms with Crippen molar-refractivity contribution < 1.29 is 18.7 Å². The van der Waals surface area contributed by atoms with Crippen LogP contribution in [0.1, 0.15) is 12.5 Å². The van der Waals surface area contributed by atoms with E-state index in [0.29, 0.717) is 0 Å². The normalized spacial score (nSPS) is 12.4. The summed E-state index contributed by atoms with van der Waals surface area (Å²) in [5.41, 5.74) is 4.99. The summed E-state index contributed by atoms with van der Waals surface area (Å²) in [4.78, 5) is 21.9. The molecule has 96 valence electrons. The smallest absolute Gasteiger partial charge is 0.331 e. The molecule has 1 atom stereocenters. The topological polar surface area (TPSA) is 69.4 Å². The molecule has 0 aliphatic rings. The van der Waals surface area contributed by atoms with Crippen LogP contribution in [0.2, 0.25) is 5.02 Å². The lowest BCUT2D eigenvalue weighted by atomic mass is 10.2. The van der Waals surface area contributed by atoms with Crippen molar-refractivity contribution in [3.63, 3.8) is 0 Å². The predicted octanol–water partition coefficient (Wildman–Crippen LogP) is 1.91. The fraction of sp³-hybridized carbons (Fsp3) is 0.167. The lowest BCUT2D eigenvalue weighted by Crippen LogP contribution is -2.29. The third kappa shape index (κ3) is 3.85. The van der Waals surface area contributed by atoms with Gasteiger partial charge in [0.1, 0.15) is 5.82 Å². The molecule has 0 saturated carbocycles. The lowest BCUT2D eigenvalue weighted by Gasteiger charge is -2.06. The number of hydrogen-bond donors (Lipinski definition) is 1. The average molecular weight is 272 g/mol. The van der Waals surface area contributed by atoms with Crippen molar-refractivity contribution in [1.29, 1.82) is 0 Å². The number of carbonyl (C=O) groups is 2. The Morgan fingerprint density at radius 3 is 2.72 bits per heavy atom. The number of amides is 1. The van der Waals surface area contributed by atoms with E-state index < -0.39 is 23.8 Å². The van der Waals surface area contributed by atoms with Crippen LogP contribution in [0.3, 0.4) is 0 Å². The molecule has 0 unspecified atom stereocenters. The zero-order chi connectivity index (χ0) is 13.7. The summed E-state index contributed by atoms with van der Waals surface area (Å²) >= 11 is 5.75. The van der Waals surface area contributed by atoms with E-state index in [1.54, 1.807) is 0 Å². The van der Waals surface area contributed by atoms with Crippen molar-refractivity contribution in [3.8, 4) is 0 Å². The number of nitrogens with two attached hydrogens (primary N) is 1. The van der Waals surface area contributed by atoms with Gasteiger partial charge in [0.25, 0.3) is 5.91 Å². The first-order valence-corrected chi connectivity index (χ1v) is 5.41. The minimum absolute atomic E-state index is 0.0721. The van der Waals surface area contributed by atoms with Gasteiger partial charge in [-0.1, -0.05) is 17.7 Å². The van der Waals surface area contributed by atoms with E-state index >= 15 is 0 Å². The first-order valence-electron chi connectivity index (χ1n) is 5.04. The molecule has 0 aliphatic heterocycles. The number of primary amides is 1. The Balaban J connectivity index is 2.75. The Morgan fingerprint density at radius 1 is 1.50 bits per heavy atom. The van der Waals surface area contributed by atoms with Crippen molar-refractivity contribution >= 4 is 29.6 Å². The molecule has 0 radical (unpaired) electrons. The first kappa shape index (κ1) is 14.2. The summed E-state index contributed by atoms with van der Waals surface area (Å²) in [6.07, 6.45) is 1.11. The highest BCUT2D eigenvalue weighted by molar-refractivity contribution is 6.32. The highest BCUT2D eigenvalue weighted by Crippen LogP contribution is 2.20. The summed E-state index contributed by atoms with van der Waals surface area (Å²) < 4.78 is 18.0. The molecule has 1 aromatic carbocycles. The number of rotatable bonds is 4. The molecule has 4 nitrogen and oxygen atoms in total. The van der Waals surface area contributed by atoms with E-state index in [1.807, 2.05) is 0 Å². The molecule has 1 aromatic rings. The highest BCUT2D eigenvalue weighted by Gasteiger charge is 2.12. The monoisotopic (exact) mass is 271 g/mol. The third-order valence-electron chi connectivity index (χ3n) is 2.08. The number of carbonyl (C=O) groups excluding carboxylic acids is 2. The zero-order valence-electron chi connectivity index (χ0n) is 9.52. The van der Waals surface area contributed by atoms with Crippen LogP contribution < -0.4 is 5.73 Å². The van der Waals surface area contributed by atoms with Crippen LogP contribution in [0.15, 0.2) is 24.3 Å². The van der Waals surface area contributed by atoms with Crippen molar-refractivity contribution in [2.24, 2.45) is 5.73 Å². The van der Waals surface area contributed by atoms with E-state index in [1.165, 1.54) is 31.2 Å². The molecule has 6 heteroatoms. The van der Waals surface area contributed by atoms with Crippen molar-refractivity contribution in [3.05, 3.63) is 40.7 Å². The average Bonchev–Trinajstić information content (AvgIpc) is 2.28. The maximum Gasteiger partial charge on any atom is 0.331 e. The Morgan fingerprint density at radius 2 is 2.17 bits per heavy atom. The predicted molar refractivity (Wildman–Crippen MR) is 65.2 cm³/mol. The summed E-state index contributed by atoms with van der Waals surface area (Å²) in [5.74, 6) is -2.13. The van der Waals surface area contributed by atoms with E-state index in [-0.39, 0.29) is 10.6 Å². The molecule has 0 spiro atoms. The van der Waals surface area contributed by atoms with Gasteiger partial charge in [-0.15, -0.1) is 0 Å². The Labute approximate surface area is 108 Å². The highest BCUT2D eigenvalue weighted by atomic mass is 35.5. The van der Waals surface area contributed by atoms with Crippen LogP contribution in [0.5, 0.6) is 0 Å². The summed E-state index contributed by atoms with van der Waals surface area (Å²) in [6, 6.07) is 4.15. The van der Waals surface area contributed by atoms with Crippen molar-refractivity contribution in [1.82, 2.24) is 0 Å². The van der Waals surface area contributed by atoms with Crippen LogP contribution in [-0.2, 0) is 14.3 Å². The van der Waals surface area contributed by atoms with Gasteiger partial charge in [0.2, 0.25) is 0 Å². The summed E-state index contributed by atoms with van der Waals surface area (Å²) in [6.45, 7) is 1.34. The van der Waals surface area contributed by atoms with Gasteiger partial charge in [-0.05, 0) is 25.1 Å². The fourth-order valence-electron chi connectivity index (χ4n) is 1.09. The SMILES string of the molecule is C[C@H](OC(=O)/C=C/c1c(F)cccc1Cl)C(N)=O. The maximum atomic E-state index is 13.3. The molecule has 18 heavy (non-hydrogen) atoms. The molecular weight excluding hydrogens is 261 g/mol. The third-order valence-corrected chi connectivity index (χ3v) is 2.41. The maximum absolute atomic E-state index is 13.3. The van der Waals surface area contributed by atoms with Gasteiger partial charge in [-0.25, -0.2) is 9.18 Å². The zero-order valence-corrected chi connectivity index (χ0v) is 10.3. The van der Waals surface area contributed by atoms with Gasteiger partial charge >= 0.3 is 5.97 Å². The molecule has 1 amide bonds. The van der Waals surface area contributed by atoms with Crippen LogP contribution in [-0.4, -0.2) is 18.0 Å². The largest absolute Gasteiger partial charge is 0.449 e. The molecule has 2 N–H and O–H groups in total. The van der Waals surface area contributed by atoms with Gasteiger partial charge in [0.15, 0.2) is 6.10 Å². The first-order chi connectivity index (χ1) is 8.41. The van der Waals surface area contributed by atoms with Crippen molar-refractivity contribution in [2.75, 3.05) is 0 Å². The number of esters is 1. The quantitative estimate of drug-likeness (QED) is 0.672. The second kappa shape index (κ2) is 6.16. The van der Waals surface area contributed by atoms with Crippen molar-refractivity contribution in [2.45, 2.75) is 13.0 Å². The number of benzene rings is 1. The van der Waals surface area contributed by atoms with E-state index in [2.05, 4.69) is 4.74 Å². The summed E-state index contributed by atoms with van der Waals surface area (Å²) in [5, 5.41) is 0.169. The molecule has 1 rings (SSSR count). The minimum Gasteiger partial charge on any atom is -0.449 e. The Bertz CT molecular complexity index is 482. The Kier molecular flexibility index (Phi) is 4.85. The van der Waals surface area contributed by atoms with E-state index in [4.69, 9.17) is 17.3 Å². The molecule has 0 heterocycles. The molecule has 0 aliphatic carbocycles. The standard InChI is InChI=1S/C12H11ClFNO3/c1-7(12(15)17)18-11(16)6-5-8-9(13)3-2-4-10(8)14/h2-7H,1H3,(H2,15,17)/b6-5+/t7-/m0/s1. The van der Waals surface area contributed by atoms with Crippen LogP contribution in [0.4, 0.5) is 4.39 Å². The molecular formula is C12H11ClFNO3. The number of hydrogen-bond acceptors (Lipinski definition) is 3. The van der Waals surface area contributed by atoms with Crippen LogP contribution >= 0.6 is 11.6 Å². The van der Waals surface area contributed by atoms with Gasteiger partial charge in [0.05, 0.1) is 5.02 Å². The minimum atomic E-state index is -1.04. The second-order valence-corrected chi connectivity index (χ2v) is 3.86. The van der Waals surface area contributed by atoms with Crippen LogP contribution in [0.25, 0.3) is 6.08 Å². The molecule has 0 bridgehead atoms. The second-order valence-electron chi connectivity index (χ2n) is 3.45. The fourth-order valence-corrected chi connectivity index (χ4v) is 1.32. The molecule has 0 saturated heterocycles. The molecule has 0 aromatic heterocycles. The van der Waals surface area contributed by atoms with Gasteiger partial charge in [-0.3, -0.25) is 4.79 Å². The van der Waals surface area contributed by atoms with Crippen LogP contribution in [0, 0.1) is 5.82 Å². The van der Waals surface area contributed by atoms with Gasteiger partial charge in [-0.2, -0.15) is 0 Å². The summed E-state index contributed by atoms with van der Waals surface area (Å²) in [7, 11) is 0. The van der Waals surface area contributed by atoms with E-state index in [9.17, 15) is 14.0 Å². The number of ether oxygens (including phenoxy) is 1. The van der Waals surface area contributed by atoms with E-state index in [0.717, 1.165) is 6.08 Å². The Hall–Kier alpha value is -1.88. The number of halogens is 2. The van der Waals surface area contributed by atoms with Gasteiger partial charge < -0.3 is 10.5 Å². The van der Waals surface area contributed by atoms with Gasteiger partial charge in [0, 0.05) is 11.6 Å².